The Balaban J connectivity index is 4.33. The zero-order valence-corrected chi connectivity index (χ0v) is 12.4. The normalized spacial score (nSPS) is 20.8. The summed E-state index contributed by atoms with van der Waals surface area (Å²) in [5.41, 5.74) is -3.24. The SMILES string of the molecule is C=C[C@@](C)(O)C/C=C/[C@@](C)(O)CC[C@@H](O)C(C)(C)O. The zero-order valence-electron chi connectivity index (χ0n) is 12.4. The van der Waals surface area contributed by atoms with Crippen molar-refractivity contribution in [3.8, 4) is 0 Å². The summed E-state index contributed by atoms with van der Waals surface area (Å²) in [5.74, 6) is 0. The fourth-order valence-electron chi connectivity index (χ4n) is 1.50. The van der Waals surface area contributed by atoms with Crippen molar-refractivity contribution in [2.75, 3.05) is 0 Å². The van der Waals surface area contributed by atoms with Gasteiger partial charge in [0, 0.05) is 0 Å². The van der Waals surface area contributed by atoms with E-state index >= 15 is 0 Å². The highest BCUT2D eigenvalue weighted by Gasteiger charge is 2.27. The van der Waals surface area contributed by atoms with E-state index in [-0.39, 0.29) is 0 Å². The molecule has 0 amide bonds. The minimum absolute atomic E-state index is 0.290. The van der Waals surface area contributed by atoms with Gasteiger partial charge in [0.2, 0.25) is 0 Å². The first-order valence-corrected chi connectivity index (χ1v) is 6.56. The lowest BCUT2D eigenvalue weighted by Gasteiger charge is -2.27. The van der Waals surface area contributed by atoms with Crippen LogP contribution < -0.4 is 0 Å². The summed E-state index contributed by atoms with van der Waals surface area (Å²) < 4.78 is 0. The van der Waals surface area contributed by atoms with Gasteiger partial charge in [0.25, 0.3) is 0 Å². The maximum Gasteiger partial charge on any atom is 0.0849 e. The van der Waals surface area contributed by atoms with Crippen LogP contribution in [0.1, 0.15) is 47.0 Å². The Labute approximate surface area is 116 Å². The van der Waals surface area contributed by atoms with Crippen LogP contribution in [0.25, 0.3) is 0 Å². The van der Waals surface area contributed by atoms with E-state index in [4.69, 9.17) is 0 Å². The average molecular weight is 272 g/mol. The molecule has 4 N–H and O–H groups in total. The van der Waals surface area contributed by atoms with Crippen LogP contribution in [0.2, 0.25) is 0 Å². The van der Waals surface area contributed by atoms with Crippen LogP contribution in [0.5, 0.6) is 0 Å². The maximum absolute atomic E-state index is 10.1. The van der Waals surface area contributed by atoms with E-state index in [2.05, 4.69) is 6.58 Å². The topological polar surface area (TPSA) is 80.9 Å². The summed E-state index contributed by atoms with van der Waals surface area (Å²) in [7, 11) is 0. The van der Waals surface area contributed by atoms with Gasteiger partial charge in [0.05, 0.1) is 22.9 Å². The van der Waals surface area contributed by atoms with Crippen LogP contribution >= 0.6 is 0 Å². The quantitative estimate of drug-likeness (QED) is 0.505. The van der Waals surface area contributed by atoms with E-state index in [1.54, 1.807) is 26.0 Å². The molecule has 0 aliphatic carbocycles. The monoisotopic (exact) mass is 272 g/mol. The van der Waals surface area contributed by atoms with Crippen LogP contribution in [0.3, 0.4) is 0 Å². The van der Waals surface area contributed by atoms with Crippen molar-refractivity contribution in [3.05, 3.63) is 24.8 Å². The molecule has 0 spiro atoms. The Hall–Kier alpha value is -0.680. The molecule has 0 heterocycles. The Kier molecular flexibility index (Phi) is 6.42. The lowest BCUT2D eigenvalue weighted by Crippen LogP contribution is -2.37. The van der Waals surface area contributed by atoms with Gasteiger partial charge in [-0.15, -0.1) is 6.58 Å². The summed E-state index contributed by atoms with van der Waals surface area (Å²) in [5, 5.41) is 39.1. The Morgan fingerprint density at radius 1 is 1.05 bits per heavy atom. The predicted molar refractivity (Wildman–Crippen MR) is 76.7 cm³/mol. The number of aliphatic hydroxyl groups is 4. The Bertz CT molecular complexity index is 311. The molecule has 0 aromatic heterocycles. The number of rotatable bonds is 8. The fourth-order valence-corrected chi connectivity index (χ4v) is 1.50. The Morgan fingerprint density at radius 3 is 2.00 bits per heavy atom. The molecule has 0 rings (SSSR count). The molecule has 3 atom stereocenters. The van der Waals surface area contributed by atoms with E-state index in [1.165, 1.54) is 19.9 Å². The first-order chi connectivity index (χ1) is 8.40. The van der Waals surface area contributed by atoms with Crippen LogP contribution in [0.15, 0.2) is 24.8 Å². The summed E-state index contributed by atoms with van der Waals surface area (Å²) in [6, 6.07) is 0. The van der Waals surface area contributed by atoms with Gasteiger partial charge in [-0.05, 0) is 47.0 Å². The van der Waals surface area contributed by atoms with E-state index in [9.17, 15) is 20.4 Å². The molecule has 0 fully saturated rings. The van der Waals surface area contributed by atoms with Crippen molar-refractivity contribution in [1.29, 1.82) is 0 Å². The van der Waals surface area contributed by atoms with E-state index in [0.29, 0.717) is 19.3 Å². The zero-order chi connectivity index (χ0) is 15.3. The van der Waals surface area contributed by atoms with Gasteiger partial charge < -0.3 is 20.4 Å². The second kappa shape index (κ2) is 6.66. The molecule has 0 aliphatic rings. The average Bonchev–Trinajstić information content (AvgIpc) is 2.24. The highest BCUT2D eigenvalue weighted by atomic mass is 16.3. The smallest absolute Gasteiger partial charge is 0.0849 e. The van der Waals surface area contributed by atoms with E-state index in [0.717, 1.165) is 0 Å². The standard InChI is InChI=1S/C15H28O4/c1-6-14(4,18)9-7-10-15(5,19)11-8-12(16)13(2,3)17/h6-7,10,12,16-19H,1,8-9,11H2,2-5H3/b10-7+/t12-,14-,15-/m1/s1. The largest absolute Gasteiger partial charge is 0.390 e. The fraction of sp³-hybridized carbons (Fsp3) is 0.733. The first kappa shape index (κ1) is 18.3. The van der Waals surface area contributed by atoms with Crippen molar-refractivity contribution in [2.24, 2.45) is 0 Å². The Morgan fingerprint density at radius 2 is 1.58 bits per heavy atom. The minimum Gasteiger partial charge on any atom is -0.390 e. The third-order valence-corrected chi connectivity index (χ3v) is 3.19. The van der Waals surface area contributed by atoms with Gasteiger partial charge in [-0.2, -0.15) is 0 Å². The molecule has 0 unspecified atom stereocenters. The van der Waals surface area contributed by atoms with Crippen LogP contribution in [0, 0.1) is 0 Å². The van der Waals surface area contributed by atoms with Gasteiger partial charge in [0.15, 0.2) is 0 Å². The number of aliphatic hydroxyl groups excluding tert-OH is 1. The van der Waals surface area contributed by atoms with E-state index < -0.39 is 22.9 Å². The van der Waals surface area contributed by atoms with Crippen molar-refractivity contribution < 1.29 is 20.4 Å². The predicted octanol–water partition coefficient (Wildman–Crippen LogP) is 1.53. The maximum atomic E-state index is 10.1. The second-order valence-corrected chi connectivity index (χ2v) is 6.23. The molecule has 0 bridgehead atoms. The summed E-state index contributed by atoms with van der Waals surface area (Å²) in [4.78, 5) is 0. The van der Waals surface area contributed by atoms with Gasteiger partial charge >= 0.3 is 0 Å². The van der Waals surface area contributed by atoms with Gasteiger partial charge in [-0.1, -0.05) is 18.2 Å². The van der Waals surface area contributed by atoms with Gasteiger partial charge in [-0.3, -0.25) is 0 Å². The van der Waals surface area contributed by atoms with Crippen LogP contribution in [-0.2, 0) is 0 Å². The first-order valence-electron chi connectivity index (χ1n) is 6.56. The molecule has 4 heteroatoms. The van der Waals surface area contributed by atoms with Crippen LogP contribution in [-0.4, -0.2) is 43.3 Å². The molecule has 0 aromatic carbocycles. The molecular weight excluding hydrogens is 244 g/mol. The lowest BCUT2D eigenvalue weighted by molar-refractivity contribution is -0.0591. The molecule has 0 saturated heterocycles. The van der Waals surface area contributed by atoms with Crippen molar-refractivity contribution >= 4 is 0 Å². The van der Waals surface area contributed by atoms with Gasteiger partial charge in [-0.25, -0.2) is 0 Å². The minimum atomic E-state index is -1.17. The van der Waals surface area contributed by atoms with Crippen LogP contribution in [0.4, 0.5) is 0 Å². The third-order valence-electron chi connectivity index (χ3n) is 3.19. The molecule has 0 saturated carbocycles. The van der Waals surface area contributed by atoms with Crippen molar-refractivity contribution in [3.63, 3.8) is 0 Å². The highest BCUT2D eigenvalue weighted by Crippen LogP contribution is 2.21. The summed E-state index contributed by atoms with van der Waals surface area (Å²) >= 11 is 0. The highest BCUT2D eigenvalue weighted by molar-refractivity contribution is 5.04. The van der Waals surface area contributed by atoms with Crippen molar-refractivity contribution in [1.82, 2.24) is 0 Å². The molecule has 112 valence electrons. The second-order valence-electron chi connectivity index (χ2n) is 6.23. The summed E-state index contributed by atoms with van der Waals surface area (Å²) in [6.07, 6.45) is 4.83. The molecular formula is C15H28O4. The van der Waals surface area contributed by atoms with E-state index in [1.807, 2.05) is 0 Å². The van der Waals surface area contributed by atoms with Crippen molar-refractivity contribution in [2.45, 2.75) is 69.9 Å². The number of hydrogen-bond acceptors (Lipinski definition) is 4. The molecule has 4 nitrogen and oxygen atoms in total. The number of hydrogen-bond donors (Lipinski definition) is 4. The molecule has 0 radical (unpaired) electrons. The molecule has 0 aromatic rings. The molecule has 19 heavy (non-hydrogen) atoms. The third kappa shape index (κ3) is 8.16. The summed E-state index contributed by atoms with van der Waals surface area (Å²) in [6.45, 7) is 9.85. The lowest BCUT2D eigenvalue weighted by atomic mass is 9.90. The molecule has 0 aliphatic heterocycles. The van der Waals surface area contributed by atoms with Gasteiger partial charge in [0.1, 0.15) is 0 Å².